The third kappa shape index (κ3) is 6.09. The number of rotatable bonds is 6. The lowest BCUT2D eigenvalue weighted by molar-refractivity contribution is 0.347. The lowest BCUT2D eigenvalue weighted by atomic mass is 9.96. The Hall–Kier alpha value is -0.0400. The maximum Gasteiger partial charge on any atom is -0.00206 e. The van der Waals surface area contributed by atoms with Crippen LogP contribution in [0.2, 0.25) is 0 Å². The molecule has 0 saturated carbocycles. The van der Waals surface area contributed by atoms with Gasteiger partial charge in [0, 0.05) is 0 Å². The molecule has 2 atom stereocenters. The van der Waals surface area contributed by atoms with E-state index in [1.807, 2.05) is 0 Å². The number of nitrogens with one attached hydrogen (secondary N) is 1. The van der Waals surface area contributed by atoms with Crippen LogP contribution in [0.15, 0.2) is 0 Å². The molecule has 0 heterocycles. The minimum Gasteiger partial charge on any atom is -0.316 e. The summed E-state index contributed by atoms with van der Waals surface area (Å²) in [5.41, 5.74) is 0. The molecule has 1 heteroatoms. The predicted octanol–water partition coefficient (Wildman–Crippen LogP) is 3.16. The second-order valence-electron chi connectivity index (χ2n) is 5.10. The molecule has 80 valence electrons. The van der Waals surface area contributed by atoms with Crippen LogP contribution in [0.5, 0.6) is 0 Å². The smallest absolute Gasteiger partial charge is 0.00206 e. The molecule has 0 bridgehead atoms. The summed E-state index contributed by atoms with van der Waals surface area (Å²) in [5, 5.41) is 3.55. The number of hydrogen-bond donors (Lipinski definition) is 1. The van der Waals surface area contributed by atoms with Crippen molar-refractivity contribution >= 4 is 0 Å². The molecule has 0 aromatic carbocycles. The summed E-state index contributed by atoms with van der Waals surface area (Å²) in [6.07, 6.45) is 0. The lowest BCUT2D eigenvalue weighted by Crippen LogP contribution is -2.29. The summed E-state index contributed by atoms with van der Waals surface area (Å²) in [5.74, 6) is 3.17. The third-order valence-electron chi connectivity index (χ3n) is 3.21. The number of hydrogen-bond acceptors (Lipinski definition) is 1. The summed E-state index contributed by atoms with van der Waals surface area (Å²) >= 11 is 0. The van der Waals surface area contributed by atoms with Crippen molar-refractivity contribution < 1.29 is 0 Å². The van der Waals surface area contributed by atoms with Crippen molar-refractivity contribution in [3.63, 3.8) is 0 Å². The van der Waals surface area contributed by atoms with Gasteiger partial charge in [0.15, 0.2) is 0 Å². The van der Waals surface area contributed by atoms with Crippen molar-refractivity contribution in [1.29, 1.82) is 0 Å². The average Bonchev–Trinajstić information content (AvgIpc) is 2.03. The zero-order chi connectivity index (χ0) is 10.4. The standard InChI is InChI=1S/C12H27N/c1-9(2)11(5)7-13-8-12(6)10(3)4/h9-13H,7-8H2,1-6H3. The van der Waals surface area contributed by atoms with Crippen molar-refractivity contribution in [2.24, 2.45) is 23.7 Å². The van der Waals surface area contributed by atoms with Crippen LogP contribution < -0.4 is 5.32 Å². The van der Waals surface area contributed by atoms with Crippen molar-refractivity contribution in [3.8, 4) is 0 Å². The van der Waals surface area contributed by atoms with Crippen LogP contribution in [0.25, 0.3) is 0 Å². The monoisotopic (exact) mass is 185 g/mol. The van der Waals surface area contributed by atoms with Crippen LogP contribution in [-0.2, 0) is 0 Å². The van der Waals surface area contributed by atoms with E-state index in [-0.39, 0.29) is 0 Å². The van der Waals surface area contributed by atoms with Gasteiger partial charge >= 0.3 is 0 Å². The molecule has 0 fully saturated rings. The summed E-state index contributed by atoms with van der Waals surface area (Å²) in [6.45, 7) is 16.1. The van der Waals surface area contributed by atoms with E-state index in [0.717, 1.165) is 36.8 Å². The molecule has 1 N–H and O–H groups in total. The fourth-order valence-electron chi connectivity index (χ4n) is 1.01. The Balaban J connectivity index is 3.45. The highest BCUT2D eigenvalue weighted by molar-refractivity contribution is 4.64. The first-order chi connectivity index (χ1) is 5.95. The fraction of sp³-hybridized carbons (Fsp3) is 1.00. The molecule has 0 aliphatic carbocycles. The summed E-state index contributed by atoms with van der Waals surface area (Å²) in [6, 6.07) is 0. The first-order valence-electron chi connectivity index (χ1n) is 5.65. The van der Waals surface area contributed by atoms with Crippen molar-refractivity contribution in [3.05, 3.63) is 0 Å². The van der Waals surface area contributed by atoms with Gasteiger partial charge in [-0.15, -0.1) is 0 Å². The van der Waals surface area contributed by atoms with Crippen LogP contribution in [-0.4, -0.2) is 13.1 Å². The highest BCUT2D eigenvalue weighted by Crippen LogP contribution is 2.10. The van der Waals surface area contributed by atoms with E-state index in [0.29, 0.717) is 0 Å². The topological polar surface area (TPSA) is 12.0 Å². The van der Waals surface area contributed by atoms with Crippen LogP contribution in [0.3, 0.4) is 0 Å². The molecule has 1 nitrogen and oxygen atoms in total. The highest BCUT2D eigenvalue weighted by atomic mass is 14.9. The molecule has 0 aromatic rings. The minimum absolute atomic E-state index is 0.791. The van der Waals surface area contributed by atoms with Gasteiger partial charge in [0.2, 0.25) is 0 Å². The zero-order valence-electron chi connectivity index (χ0n) is 10.2. The molecule has 0 spiro atoms. The fourth-order valence-corrected chi connectivity index (χ4v) is 1.01. The van der Waals surface area contributed by atoms with E-state index in [2.05, 4.69) is 46.9 Å². The Bertz CT molecular complexity index is 104. The van der Waals surface area contributed by atoms with Gasteiger partial charge in [-0.1, -0.05) is 41.5 Å². The molecule has 13 heavy (non-hydrogen) atoms. The van der Waals surface area contributed by atoms with Crippen LogP contribution >= 0.6 is 0 Å². The first-order valence-corrected chi connectivity index (χ1v) is 5.65. The minimum atomic E-state index is 0.791. The molecule has 0 aliphatic heterocycles. The van der Waals surface area contributed by atoms with Gasteiger partial charge in [-0.2, -0.15) is 0 Å². The summed E-state index contributed by atoms with van der Waals surface area (Å²) < 4.78 is 0. The Morgan fingerprint density at radius 2 is 1.00 bits per heavy atom. The Morgan fingerprint density at radius 1 is 0.692 bits per heavy atom. The maximum atomic E-state index is 3.55. The largest absolute Gasteiger partial charge is 0.316 e. The first kappa shape index (κ1) is 13.0. The van der Waals surface area contributed by atoms with Gasteiger partial charge in [0.05, 0.1) is 0 Å². The maximum absolute atomic E-state index is 3.55. The van der Waals surface area contributed by atoms with Gasteiger partial charge in [0.25, 0.3) is 0 Å². The lowest BCUT2D eigenvalue weighted by Gasteiger charge is -2.20. The molecular formula is C12H27N. The molecular weight excluding hydrogens is 158 g/mol. The van der Waals surface area contributed by atoms with Crippen LogP contribution in [0.1, 0.15) is 41.5 Å². The Labute approximate surface area is 84.3 Å². The highest BCUT2D eigenvalue weighted by Gasteiger charge is 2.09. The second kappa shape index (κ2) is 6.42. The zero-order valence-corrected chi connectivity index (χ0v) is 10.2. The van der Waals surface area contributed by atoms with Crippen LogP contribution in [0, 0.1) is 23.7 Å². The quantitative estimate of drug-likeness (QED) is 0.670. The van der Waals surface area contributed by atoms with E-state index in [1.165, 1.54) is 0 Å². The molecule has 0 rings (SSSR count). The van der Waals surface area contributed by atoms with Crippen LogP contribution in [0.4, 0.5) is 0 Å². The molecule has 0 aromatic heterocycles. The normalized spacial score (nSPS) is 16.6. The molecule has 2 unspecified atom stereocenters. The van der Waals surface area contributed by atoms with E-state index in [1.54, 1.807) is 0 Å². The Morgan fingerprint density at radius 3 is 1.23 bits per heavy atom. The summed E-state index contributed by atoms with van der Waals surface area (Å²) in [4.78, 5) is 0. The summed E-state index contributed by atoms with van der Waals surface area (Å²) in [7, 11) is 0. The van der Waals surface area contributed by atoms with Gasteiger partial charge in [0.1, 0.15) is 0 Å². The van der Waals surface area contributed by atoms with Gasteiger partial charge in [-0.3, -0.25) is 0 Å². The van der Waals surface area contributed by atoms with Crippen molar-refractivity contribution in [2.75, 3.05) is 13.1 Å². The molecule has 0 amide bonds. The third-order valence-corrected chi connectivity index (χ3v) is 3.21. The molecule has 0 radical (unpaired) electrons. The predicted molar refractivity (Wildman–Crippen MR) is 60.9 cm³/mol. The average molecular weight is 185 g/mol. The van der Waals surface area contributed by atoms with E-state index in [4.69, 9.17) is 0 Å². The molecule has 0 saturated heterocycles. The van der Waals surface area contributed by atoms with Crippen molar-refractivity contribution in [2.45, 2.75) is 41.5 Å². The molecule has 0 aliphatic rings. The Kier molecular flexibility index (Phi) is 6.40. The van der Waals surface area contributed by atoms with Gasteiger partial charge in [-0.25, -0.2) is 0 Å². The SMILES string of the molecule is CC(C)C(C)CNCC(C)C(C)C. The second-order valence-corrected chi connectivity index (χ2v) is 5.10. The van der Waals surface area contributed by atoms with Gasteiger partial charge < -0.3 is 5.32 Å². The van der Waals surface area contributed by atoms with Crippen molar-refractivity contribution in [1.82, 2.24) is 5.32 Å². The van der Waals surface area contributed by atoms with Gasteiger partial charge in [-0.05, 0) is 36.8 Å². The van der Waals surface area contributed by atoms with E-state index in [9.17, 15) is 0 Å². The van der Waals surface area contributed by atoms with E-state index >= 15 is 0 Å². The van der Waals surface area contributed by atoms with E-state index < -0.39 is 0 Å².